The SMILES string of the molecule is Cc1cc(C)c2c3ccccc3n(CCCN)c2n1. The average Bonchev–Trinajstić information content (AvgIpc) is 2.70. The van der Waals surface area contributed by atoms with Crippen LogP contribution in [0.15, 0.2) is 30.3 Å². The predicted octanol–water partition coefficient (Wildman–Crippen LogP) is 3.16. The van der Waals surface area contributed by atoms with Gasteiger partial charge in [0.25, 0.3) is 0 Å². The fourth-order valence-corrected chi connectivity index (χ4v) is 2.86. The minimum absolute atomic E-state index is 0.707. The Kier molecular flexibility index (Phi) is 2.99. The van der Waals surface area contributed by atoms with Gasteiger partial charge in [0.2, 0.25) is 0 Å². The van der Waals surface area contributed by atoms with Crippen LogP contribution >= 0.6 is 0 Å². The topological polar surface area (TPSA) is 43.8 Å². The summed E-state index contributed by atoms with van der Waals surface area (Å²) in [7, 11) is 0. The zero-order valence-corrected chi connectivity index (χ0v) is 11.5. The van der Waals surface area contributed by atoms with Gasteiger partial charge in [-0.15, -0.1) is 0 Å². The van der Waals surface area contributed by atoms with Gasteiger partial charge in [-0.2, -0.15) is 0 Å². The van der Waals surface area contributed by atoms with Gasteiger partial charge >= 0.3 is 0 Å². The number of benzene rings is 1. The fourth-order valence-electron chi connectivity index (χ4n) is 2.86. The fraction of sp³-hybridized carbons (Fsp3) is 0.312. The molecular weight excluding hydrogens is 234 g/mol. The van der Waals surface area contributed by atoms with Crippen LogP contribution in [0.1, 0.15) is 17.7 Å². The number of pyridine rings is 1. The summed E-state index contributed by atoms with van der Waals surface area (Å²) in [5.74, 6) is 0. The second-order valence-electron chi connectivity index (χ2n) is 5.09. The second kappa shape index (κ2) is 4.67. The molecule has 0 aliphatic heterocycles. The standard InChI is InChI=1S/C16H19N3/c1-11-10-12(2)18-16-15(11)13-6-3-4-7-14(13)19(16)9-5-8-17/h3-4,6-7,10H,5,8-9,17H2,1-2H3. The van der Waals surface area contributed by atoms with Crippen LogP contribution in [0, 0.1) is 13.8 Å². The highest BCUT2D eigenvalue weighted by Gasteiger charge is 2.13. The molecule has 0 fully saturated rings. The first-order valence-electron chi connectivity index (χ1n) is 6.77. The molecule has 0 spiro atoms. The van der Waals surface area contributed by atoms with Crippen LogP contribution in [0.4, 0.5) is 0 Å². The summed E-state index contributed by atoms with van der Waals surface area (Å²) in [5, 5.41) is 2.57. The minimum Gasteiger partial charge on any atom is -0.330 e. The van der Waals surface area contributed by atoms with Crippen molar-refractivity contribution >= 4 is 21.9 Å². The average molecular weight is 253 g/mol. The minimum atomic E-state index is 0.707. The Morgan fingerprint density at radius 1 is 1.21 bits per heavy atom. The third-order valence-corrected chi connectivity index (χ3v) is 3.63. The molecule has 3 rings (SSSR count). The number of para-hydroxylation sites is 1. The van der Waals surface area contributed by atoms with Crippen molar-refractivity contribution in [3.05, 3.63) is 41.6 Å². The Hall–Kier alpha value is -1.87. The van der Waals surface area contributed by atoms with E-state index in [9.17, 15) is 0 Å². The molecule has 3 nitrogen and oxygen atoms in total. The van der Waals surface area contributed by atoms with Crippen LogP contribution in [0.5, 0.6) is 0 Å². The van der Waals surface area contributed by atoms with E-state index >= 15 is 0 Å². The van der Waals surface area contributed by atoms with Crippen molar-refractivity contribution in [3.8, 4) is 0 Å². The maximum Gasteiger partial charge on any atom is 0.141 e. The van der Waals surface area contributed by atoms with Crippen LogP contribution in [-0.2, 0) is 6.54 Å². The highest BCUT2D eigenvalue weighted by Crippen LogP contribution is 2.30. The van der Waals surface area contributed by atoms with E-state index in [1.54, 1.807) is 0 Å². The Morgan fingerprint density at radius 2 is 2.00 bits per heavy atom. The Labute approximate surface area is 113 Å². The van der Waals surface area contributed by atoms with Crippen LogP contribution in [0.2, 0.25) is 0 Å². The third kappa shape index (κ3) is 1.90. The molecule has 0 atom stereocenters. The molecule has 19 heavy (non-hydrogen) atoms. The molecule has 0 aliphatic carbocycles. The molecule has 0 saturated heterocycles. The number of aromatic nitrogens is 2. The van der Waals surface area contributed by atoms with E-state index in [2.05, 4.69) is 48.7 Å². The number of nitrogens with zero attached hydrogens (tertiary/aromatic N) is 2. The number of aryl methyl sites for hydroxylation is 3. The first-order valence-corrected chi connectivity index (χ1v) is 6.77. The van der Waals surface area contributed by atoms with E-state index < -0.39 is 0 Å². The summed E-state index contributed by atoms with van der Waals surface area (Å²) in [6, 6.07) is 10.7. The summed E-state index contributed by atoms with van der Waals surface area (Å²) < 4.78 is 2.30. The lowest BCUT2D eigenvalue weighted by Gasteiger charge is -2.06. The van der Waals surface area contributed by atoms with Crippen LogP contribution in [0.3, 0.4) is 0 Å². The van der Waals surface area contributed by atoms with E-state index in [0.29, 0.717) is 6.54 Å². The number of hydrogen-bond donors (Lipinski definition) is 1. The molecule has 0 saturated carbocycles. The van der Waals surface area contributed by atoms with Crippen molar-refractivity contribution in [1.82, 2.24) is 9.55 Å². The lowest BCUT2D eigenvalue weighted by atomic mass is 10.1. The molecule has 0 amide bonds. The normalized spacial score (nSPS) is 11.5. The van der Waals surface area contributed by atoms with Crippen molar-refractivity contribution in [1.29, 1.82) is 0 Å². The molecule has 3 heteroatoms. The molecule has 1 aromatic carbocycles. The van der Waals surface area contributed by atoms with Crippen molar-refractivity contribution < 1.29 is 0 Å². The van der Waals surface area contributed by atoms with Gasteiger partial charge < -0.3 is 10.3 Å². The lowest BCUT2D eigenvalue weighted by molar-refractivity contribution is 0.682. The summed E-state index contributed by atoms with van der Waals surface area (Å²) in [5.41, 5.74) is 10.4. The van der Waals surface area contributed by atoms with Crippen molar-refractivity contribution in [2.45, 2.75) is 26.8 Å². The van der Waals surface area contributed by atoms with Crippen LogP contribution in [0.25, 0.3) is 21.9 Å². The van der Waals surface area contributed by atoms with E-state index in [4.69, 9.17) is 10.7 Å². The molecule has 2 heterocycles. The van der Waals surface area contributed by atoms with Gasteiger partial charge in [-0.25, -0.2) is 4.98 Å². The monoisotopic (exact) mass is 253 g/mol. The number of nitrogens with two attached hydrogens (primary N) is 1. The van der Waals surface area contributed by atoms with Gasteiger partial charge in [0.1, 0.15) is 5.65 Å². The van der Waals surface area contributed by atoms with E-state index in [1.807, 2.05) is 0 Å². The third-order valence-electron chi connectivity index (χ3n) is 3.63. The van der Waals surface area contributed by atoms with E-state index in [0.717, 1.165) is 24.3 Å². The van der Waals surface area contributed by atoms with Gasteiger partial charge in [-0.3, -0.25) is 0 Å². The van der Waals surface area contributed by atoms with Gasteiger partial charge in [0.15, 0.2) is 0 Å². The quantitative estimate of drug-likeness (QED) is 0.779. The molecule has 0 radical (unpaired) electrons. The zero-order chi connectivity index (χ0) is 13.4. The maximum absolute atomic E-state index is 5.66. The predicted molar refractivity (Wildman–Crippen MR) is 80.4 cm³/mol. The molecule has 0 bridgehead atoms. The number of fused-ring (bicyclic) bond motifs is 3. The number of hydrogen-bond acceptors (Lipinski definition) is 2. The van der Waals surface area contributed by atoms with E-state index in [-0.39, 0.29) is 0 Å². The first-order chi connectivity index (χ1) is 9.22. The van der Waals surface area contributed by atoms with Crippen LogP contribution < -0.4 is 5.73 Å². The Bertz CT molecular complexity index is 740. The summed E-state index contributed by atoms with van der Waals surface area (Å²) in [6.45, 7) is 5.85. The smallest absolute Gasteiger partial charge is 0.141 e. The summed E-state index contributed by atoms with van der Waals surface area (Å²) in [4.78, 5) is 4.75. The Balaban J connectivity index is 2.41. The number of rotatable bonds is 3. The highest BCUT2D eigenvalue weighted by atomic mass is 15.0. The summed E-state index contributed by atoms with van der Waals surface area (Å²) >= 11 is 0. The van der Waals surface area contributed by atoms with Crippen molar-refractivity contribution in [2.24, 2.45) is 5.73 Å². The van der Waals surface area contributed by atoms with E-state index in [1.165, 1.54) is 21.9 Å². The summed E-state index contributed by atoms with van der Waals surface area (Å²) in [6.07, 6.45) is 0.975. The first kappa shape index (κ1) is 12.2. The molecule has 0 unspecified atom stereocenters. The maximum atomic E-state index is 5.66. The molecule has 0 aliphatic rings. The zero-order valence-electron chi connectivity index (χ0n) is 11.5. The van der Waals surface area contributed by atoms with Crippen molar-refractivity contribution in [2.75, 3.05) is 6.54 Å². The van der Waals surface area contributed by atoms with Crippen LogP contribution in [-0.4, -0.2) is 16.1 Å². The molecule has 98 valence electrons. The largest absolute Gasteiger partial charge is 0.330 e. The lowest BCUT2D eigenvalue weighted by Crippen LogP contribution is -2.06. The van der Waals surface area contributed by atoms with Gasteiger partial charge in [-0.1, -0.05) is 18.2 Å². The van der Waals surface area contributed by atoms with Gasteiger partial charge in [0, 0.05) is 23.0 Å². The van der Waals surface area contributed by atoms with Gasteiger partial charge in [0.05, 0.1) is 5.52 Å². The molecule has 2 aromatic heterocycles. The van der Waals surface area contributed by atoms with Crippen molar-refractivity contribution in [3.63, 3.8) is 0 Å². The molecule has 2 N–H and O–H groups in total. The molecular formula is C16H19N3. The highest BCUT2D eigenvalue weighted by molar-refractivity contribution is 6.08. The molecule has 3 aromatic rings. The Morgan fingerprint density at radius 3 is 2.79 bits per heavy atom. The van der Waals surface area contributed by atoms with Gasteiger partial charge in [-0.05, 0) is 44.5 Å². The second-order valence-corrected chi connectivity index (χ2v) is 5.09.